The lowest BCUT2D eigenvalue weighted by atomic mass is 9.86. The van der Waals surface area contributed by atoms with Gasteiger partial charge < -0.3 is 4.98 Å². The van der Waals surface area contributed by atoms with Crippen LogP contribution in [0.5, 0.6) is 0 Å². The van der Waals surface area contributed by atoms with E-state index >= 15 is 0 Å². The Morgan fingerprint density at radius 2 is 2.06 bits per heavy atom. The highest BCUT2D eigenvalue weighted by molar-refractivity contribution is 5.73. The van der Waals surface area contributed by atoms with Gasteiger partial charge in [0.05, 0.1) is 11.3 Å². The molecule has 0 spiro atoms. The number of aromatic amines is 1. The smallest absolute Gasteiger partial charge is 0.102 e. The minimum absolute atomic E-state index is 0.786. The van der Waals surface area contributed by atoms with Crippen LogP contribution in [0.1, 0.15) is 35.1 Å². The van der Waals surface area contributed by atoms with E-state index in [9.17, 15) is 5.26 Å². The van der Waals surface area contributed by atoms with Crippen LogP contribution in [0.15, 0.2) is 24.4 Å². The van der Waals surface area contributed by atoms with Gasteiger partial charge in [-0.15, -0.1) is 0 Å². The molecule has 2 nitrogen and oxygen atoms in total. The summed E-state index contributed by atoms with van der Waals surface area (Å²) in [4.78, 5) is 3.27. The van der Waals surface area contributed by atoms with Gasteiger partial charge in [0, 0.05) is 11.8 Å². The molecule has 0 saturated carbocycles. The van der Waals surface area contributed by atoms with Crippen LogP contribution in [0.2, 0.25) is 0 Å². The number of hydrogen-bond donors (Lipinski definition) is 1. The van der Waals surface area contributed by atoms with Crippen molar-refractivity contribution in [2.24, 2.45) is 0 Å². The molecule has 18 heavy (non-hydrogen) atoms. The van der Waals surface area contributed by atoms with E-state index in [2.05, 4.69) is 29.3 Å². The van der Waals surface area contributed by atoms with Crippen molar-refractivity contribution in [2.75, 3.05) is 0 Å². The molecule has 0 unspecified atom stereocenters. The van der Waals surface area contributed by atoms with E-state index in [0.29, 0.717) is 0 Å². The number of aryl methyl sites for hydroxylation is 2. The summed E-state index contributed by atoms with van der Waals surface area (Å²) in [6, 6.07) is 8.78. The van der Waals surface area contributed by atoms with E-state index in [-0.39, 0.29) is 0 Å². The Hall–Kier alpha value is -2.01. The summed E-state index contributed by atoms with van der Waals surface area (Å²) in [7, 11) is 0. The summed E-state index contributed by atoms with van der Waals surface area (Å²) in [5.74, 6) is 0. The Labute approximate surface area is 107 Å². The zero-order valence-corrected chi connectivity index (χ0v) is 10.6. The van der Waals surface area contributed by atoms with E-state index < -0.39 is 0 Å². The first kappa shape index (κ1) is 11.1. The summed E-state index contributed by atoms with van der Waals surface area (Å²) in [5, 5.41) is 9.28. The topological polar surface area (TPSA) is 39.6 Å². The number of fused-ring (bicyclic) bond motifs is 1. The van der Waals surface area contributed by atoms with Crippen molar-refractivity contribution < 1.29 is 0 Å². The lowest BCUT2D eigenvalue weighted by Gasteiger charge is -2.19. The molecule has 2 heteroatoms. The summed E-state index contributed by atoms with van der Waals surface area (Å²) < 4.78 is 0. The van der Waals surface area contributed by atoms with Crippen molar-refractivity contribution in [3.8, 4) is 17.3 Å². The highest BCUT2D eigenvalue weighted by atomic mass is 14.7. The van der Waals surface area contributed by atoms with Crippen LogP contribution in [-0.2, 0) is 12.8 Å². The molecule has 0 fully saturated rings. The van der Waals surface area contributed by atoms with Crippen LogP contribution in [0, 0.1) is 18.3 Å². The molecule has 0 saturated heterocycles. The molecule has 0 bridgehead atoms. The fourth-order valence-corrected chi connectivity index (χ4v) is 2.89. The van der Waals surface area contributed by atoms with Gasteiger partial charge >= 0.3 is 0 Å². The average Bonchev–Trinajstić information content (AvgIpc) is 2.79. The van der Waals surface area contributed by atoms with Gasteiger partial charge in [0.25, 0.3) is 0 Å². The van der Waals surface area contributed by atoms with Crippen LogP contribution < -0.4 is 0 Å². The van der Waals surface area contributed by atoms with Crippen LogP contribution in [0.25, 0.3) is 11.3 Å². The molecule has 1 aromatic heterocycles. The second-order valence-corrected chi connectivity index (χ2v) is 4.98. The van der Waals surface area contributed by atoms with Gasteiger partial charge in [-0.2, -0.15) is 5.26 Å². The van der Waals surface area contributed by atoms with Crippen LogP contribution in [-0.4, -0.2) is 4.98 Å². The third-order valence-electron chi connectivity index (χ3n) is 3.85. The molecular weight excluding hydrogens is 220 g/mol. The normalized spacial score (nSPS) is 14.0. The first-order valence-corrected chi connectivity index (χ1v) is 6.50. The van der Waals surface area contributed by atoms with Crippen LogP contribution in [0.3, 0.4) is 0 Å². The highest BCUT2D eigenvalue weighted by Crippen LogP contribution is 2.33. The maximum atomic E-state index is 9.28. The lowest BCUT2D eigenvalue weighted by molar-refractivity contribution is 0.686. The molecule has 1 N–H and O–H groups in total. The highest BCUT2D eigenvalue weighted by Gasteiger charge is 2.17. The molecule has 1 heterocycles. The molecule has 90 valence electrons. The molecule has 0 aliphatic heterocycles. The molecule has 0 amide bonds. The molecule has 1 aliphatic carbocycles. The lowest BCUT2D eigenvalue weighted by Crippen LogP contribution is -2.04. The summed E-state index contributed by atoms with van der Waals surface area (Å²) in [6.45, 7) is 1.98. The monoisotopic (exact) mass is 236 g/mol. The number of rotatable bonds is 1. The predicted molar refractivity (Wildman–Crippen MR) is 72.3 cm³/mol. The molecule has 3 rings (SSSR count). The molecular formula is C16H16N2. The van der Waals surface area contributed by atoms with Crippen molar-refractivity contribution in [1.29, 1.82) is 5.26 Å². The van der Waals surface area contributed by atoms with Gasteiger partial charge in [-0.3, -0.25) is 0 Å². The second kappa shape index (κ2) is 4.34. The zero-order valence-electron chi connectivity index (χ0n) is 10.6. The molecule has 1 aliphatic rings. The molecule has 1 aromatic carbocycles. The summed E-state index contributed by atoms with van der Waals surface area (Å²) in [6.07, 6.45) is 6.77. The molecule has 2 aromatic rings. The summed E-state index contributed by atoms with van der Waals surface area (Å²) in [5.41, 5.74) is 6.91. The molecule has 0 atom stereocenters. The number of H-pyrrole nitrogens is 1. The Balaban J connectivity index is 2.21. The van der Waals surface area contributed by atoms with E-state index in [0.717, 1.165) is 23.2 Å². The van der Waals surface area contributed by atoms with E-state index in [4.69, 9.17) is 0 Å². The fourth-order valence-electron chi connectivity index (χ4n) is 2.89. The minimum atomic E-state index is 0.786. The van der Waals surface area contributed by atoms with Gasteiger partial charge in [0.2, 0.25) is 0 Å². The van der Waals surface area contributed by atoms with Crippen LogP contribution in [0.4, 0.5) is 0 Å². The van der Waals surface area contributed by atoms with Crippen molar-refractivity contribution in [1.82, 2.24) is 4.98 Å². The van der Waals surface area contributed by atoms with Gasteiger partial charge in [0.15, 0.2) is 0 Å². The number of nitrogens with zero attached hydrogens (tertiary/aromatic N) is 1. The van der Waals surface area contributed by atoms with Gasteiger partial charge in [0.1, 0.15) is 6.07 Å². The SMILES string of the molecule is Cc1c[nH]c(-c2cccc3c2CCCC3)c1C#N. The largest absolute Gasteiger partial charge is 0.360 e. The van der Waals surface area contributed by atoms with Gasteiger partial charge in [-0.05, 0) is 49.3 Å². The molecule has 0 radical (unpaired) electrons. The predicted octanol–water partition coefficient (Wildman–Crippen LogP) is 3.74. The van der Waals surface area contributed by atoms with Crippen molar-refractivity contribution in [3.05, 3.63) is 46.6 Å². The zero-order chi connectivity index (χ0) is 12.5. The van der Waals surface area contributed by atoms with Crippen LogP contribution >= 0.6 is 0 Å². The maximum Gasteiger partial charge on any atom is 0.102 e. The first-order valence-electron chi connectivity index (χ1n) is 6.50. The quantitative estimate of drug-likeness (QED) is 0.805. The maximum absolute atomic E-state index is 9.28. The second-order valence-electron chi connectivity index (χ2n) is 4.98. The van der Waals surface area contributed by atoms with E-state index in [1.807, 2.05) is 13.1 Å². The third kappa shape index (κ3) is 1.64. The number of benzene rings is 1. The number of nitriles is 1. The van der Waals surface area contributed by atoms with Crippen molar-refractivity contribution in [2.45, 2.75) is 32.6 Å². The fraction of sp³-hybridized carbons (Fsp3) is 0.312. The average molecular weight is 236 g/mol. The van der Waals surface area contributed by atoms with Crippen molar-refractivity contribution >= 4 is 0 Å². The number of hydrogen-bond acceptors (Lipinski definition) is 1. The Morgan fingerprint density at radius 1 is 1.22 bits per heavy atom. The standard InChI is InChI=1S/C16H16N2/c1-11-10-18-16(15(11)9-17)14-8-4-6-12-5-2-3-7-13(12)14/h4,6,8,10,18H,2-3,5,7H2,1H3. The van der Waals surface area contributed by atoms with E-state index in [1.54, 1.807) is 0 Å². The van der Waals surface area contributed by atoms with E-state index in [1.165, 1.54) is 36.0 Å². The Morgan fingerprint density at radius 3 is 2.89 bits per heavy atom. The minimum Gasteiger partial charge on any atom is -0.360 e. The number of aromatic nitrogens is 1. The Kier molecular flexibility index (Phi) is 2.68. The Bertz CT molecular complexity index is 629. The van der Waals surface area contributed by atoms with Gasteiger partial charge in [-0.25, -0.2) is 0 Å². The third-order valence-corrected chi connectivity index (χ3v) is 3.85. The van der Waals surface area contributed by atoms with Crippen molar-refractivity contribution in [3.63, 3.8) is 0 Å². The summed E-state index contributed by atoms with van der Waals surface area (Å²) >= 11 is 0. The first-order chi connectivity index (χ1) is 8.81. The van der Waals surface area contributed by atoms with Gasteiger partial charge in [-0.1, -0.05) is 18.2 Å². The number of nitrogens with one attached hydrogen (secondary N) is 1.